The SMILES string of the molecule is ClB1CC2CC(C1)CC(c1ccccc1)C2. The standard InChI is InChI=1S/C14H18BCl/c16-15-9-11-6-12(10-15)8-14(7-11)13-4-2-1-3-5-13/h1-5,11-12,14H,6-10H2. The summed E-state index contributed by atoms with van der Waals surface area (Å²) >= 11 is 6.31. The number of rotatable bonds is 1. The molecule has 2 bridgehead atoms. The molecule has 1 aromatic rings. The van der Waals surface area contributed by atoms with Crippen molar-refractivity contribution in [3.63, 3.8) is 0 Å². The largest absolute Gasteiger partial charge is 0.251 e. The third-order valence-corrected chi connectivity index (χ3v) is 4.71. The molecule has 3 rings (SSSR count). The van der Waals surface area contributed by atoms with E-state index < -0.39 is 0 Å². The average Bonchev–Trinajstić information content (AvgIpc) is 2.28. The summed E-state index contributed by atoms with van der Waals surface area (Å²) in [5, 5.41) is 0. The normalized spacial score (nSPS) is 33.8. The van der Waals surface area contributed by atoms with Crippen LogP contribution in [-0.2, 0) is 0 Å². The van der Waals surface area contributed by atoms with Crippen molar-refractivity contribution in [2.75, 3.05) is 0 Å². The van der Waals surface area contributed by atoms with Crippen LogP contribution < -0.4 is 0 Å². The molecule has 0 aromatic heterocycles. The van der Waals surface area contributed by atoms with Crippen molar-refractivity contribution in [2.45, 2.75) is 37.8 Å². The van der Waals surface area contributed by atoms with Crippen LogP contribution in [0.15, 0.2) is 30.3 Å². The molecule has 1 aliphatic carbocycles. The van der Waals surface area contributed by atoms with Gasteiger partial charge in [-0.05, 0) is 42.6 Å². The molecule has 2 unspecified atom stereocenters. The van der Waals surface area contributed by atoms with Gasteiger partial charge < -0.3 is 0 Å². The van der Waals surface area contributed by atoms with E-state index in [-0.39, 0.29) is 0 Å². The first-order valence-corrected chi connectivity index (χ1v) is 6.94. The molecule has 1 saturated carbocycles. The van der Waals surface area contributed by atoms with Gasteiger partial charge in [-0.1, -0.05) is 43.0 Å². The molecule has 0 N–H and O–H groups in total. The van der Waals surface area contributed by atoms with Crippen molar-refractivity contribution in [1.29, 1.82) is 0 Å². The second kappa shape index (κ2) is 4.45. The van der Waals surface area contributed by atoms with E-state index in [9.17, 15) is 0 Å². The number of hydrogen-bond donors (Lipinski definition) is 0. The molecule has 1 heterocycles. The third-order valence-electron chi connectivity index (χ3n) is 4.35. The van der Waals surface area contributed by atoms with Crippen LogP contribution in [0.3, 0.4) is 0 Å². The van der Waals surface area contributed by atoms with Crippen LogP contribution in [0.4, 0.5) is 0 Å². The second-order valence-corrected chi connectivity index (χ2v) is 6.23. The Morgan fingerprint density at radius 3 is 2.19 bits per heavy atom. The summed E-state index contributed by atoms with van der Waals surface area (Å²) in [5.74, 6) is 2.58. The van der Waals surface area contributed by atoms with Crippen molar-refractivity contribution >= 4 is 17.6 Å². The Labute approximate surface area is 103 Å². The number of hydrogen-bond acceptors (Lipinski definition) is 0. The Balaban J connectivity index is 1.76. The van der Waals surface area contributed by atoms with Crippen LogP contribution in [0.1, 0.15) is 30.7 Å². The first-order valence-electron chi connectivity index (χ1n) is 6.50. The first kappa shape index (κ1) is 10.7. The van der Waals surface area contributed by atoms with E-state index in [0.717, 1.165) is 17.8 Å². The minimum absolute atomic E-state index is 0.459. The van der Waals surface area contributed by atoms with Gasteiger partial charge >= 0.3 is 0 Å². The highest BCUT2D eigenvalue weighted by Crippen LogP contribution is 2.47. The summed E-state index contributed by atoms with van der Waals surface area (Å²) in [6, 6.07) is 11.0. The average molecular weight is 233 g/mol. The molecule has 2 aliphatic rings. The van der Waals surface area contributed by atoms with Gasteiger partial charge in [0.05, 0.1) is 0 Å². The van der Waals surface area contributed by atoms with E-state index in [2.05, 4.69) is 30.3 Å². The van der Waals surface area contributed by atoms with Gasteiger partial charge in [0.1, 0.15) is 0 Å². The Hall–Kier alpha value is -0.425. The van der Waals surface area contributed by atoms with E-state index in [1.807, 2.05) is 0 Å². The Morgan fingerprint density at radius 1 is 0.938 bits per heavy atom. The summed E-state index contributed by atoms with van der Waals surface area (Å²) < 4.78 is 0. The Morgan fingerprint density at radius 2 is 1.56 bits per heavy atom. The second-order valence-electron chi connectivity index (χ2n) is 5.62. The smallest absolute Gasteiger partial charge is 0.196 e. The van der Waals surface area contributed by atoms with Gasteiger partial charge in [0.15, 0.2) is 0 Å². The van der Waals surface area contributed by atoms with Gasteiger partial charge in [0, 0.05) is 0 Å². The van der Waals surface area contributed by atoms with E-state index in [4.69, 9.17) is 11.5 Å². The molecule has 84 valence electrons. The molecule has 1 aliphatic heterocycles. The van der Waals surface area contributed by atoms with Gasteiger partial charge in [-0.2, -0.15) is 11.5 Å². The van der Waals surface area contributed by atoms with Crippen molar-refractivity contribution in [3.05, 3.63) is 35.9 Å². The quantitative estimate of drug-likeness (QED) is 0.629. The van der Waals surface area contributed by atoms with Crippen LogP contribution in [0.5, 0.6) is 0 Å². The summed E-state index contributed by atoms with van der Waals surface area (Å²) in [6.07, 6.45) is 7.13. The fourth-order valence-electron chi connectivity index (χ4n) is 3.77. The zero-order valence-electron chi connectivity index (χ0n) is 9.61. The minimum Gasteiger partial charge on any atom is -0.196 e. The topological polar surface area (TPSA) is 0 Å². The third kappa shape index (κ3) is 2.15. The molecule has 2 atom stereocenters. The number of fused-ring (bicyclic) bond motifs is 2. The molecule has 2 heteroatoms. The van der Waals surface area contributed by atoms with Gasteiger partial charge in [-0.25, -0.2) is 0 Å². The lowest BCUT2D eigenvalue weighted by Gasteiger charge is -2.40. The first-order chi connectivity index (χ1) is 7.81. The van der Waals surface area contributed by atoms with Gasteiger partial charge in [0.2, 0.25) is 0 Å². The molecule has 0 radical (unpaired) electrons. The Kier molecular flexibility index (Phi) is 2.98. The highest BCUT2D eigenvalue weighted by atomic mass is 35.5. The van der Waals surface area contributed by atoms with E-state index >= 15 is 0 Å². The summed E-state index contributed by atoms with van der Waals surface area (Å²) in [6.45, 7) is 0. The van der Waals surface area contributed by atoms with E-state index in [1.54, 1.807) is 5.56 Å². The van der Waals surface area contributed by atoms with E-state index in [1.165, 1.54) is 31.9 Å². The van der Waals surface area contributed by atoms with Gasteiger partial charge in [-0.3, -0.25) is 0 Å². The lowest BCUT2D eigenvalue weighted by molar-refractivity contribution is 0.253. The molecule has 0 spiro atoms. The van der Waals surface area contributed by atoms with Gasteiger partial charge in [-0.15, -0.1) is 0 Å². The zero-order chi connectivity index (χ0) is 11.0. The van der Waals surface area contributed by atoms with Crippen molar-refractivity contribution < 1.29 is 0 Å². The fraction of sp³-hybridized carbons (Fsp3) is 0.571. The molecule has 1 aromatic carbocycles. The zero-order valence-corrected chi connectivity index (χ0v) is 10.4. The van der Waals surface area contributed by atoms with Crippen LogP contribution in [0, 0.1) is 11.8 Å². The Bertz CT molecular complexity index is 333. The van der Waals surface area contributed by atoms with Crippen LogP contribution in [0.25, 0.3) is 0 Å². The maximum Gasteiger partial charge on any atom is 0.251 e. The minimum atomic E-state index is 0.459. The molecule has 1 saturated heterocycles. The predicted octanol–water partition coefficient (Wildman–Crippen LogP) is 4.43. The molecule has 0 nitrogen and oxygen atoms in total. The number of halogens is 1. The lowest BCUT2D eigenvalue weighted by atomic mass is 9.50. The van der Waals surface area contributed by atoms with Crippen molar-refractivity contribution in [1.82, 2.24) is 0 Å². The highest BCUT2D eigenvalue weighted by molar-refractivity contribution is 7.07. The van der Waals surface area contributed by atoms with Crippen LogP contribution >= 0.6 is 11.5 Å². The molecule has 16 heavy (non-hydrogen) atoms. The summed E-state index contributed by atoms with van der Waals surface area (Å²) in [5.41, 5.74) is 1.55. The molecule has 2 fully saturated rings. The summed E-state index contributed by atoms with van der Waals surface area (Å²) in [4.78, 5) is 0. The van der Waals surface area contributed by atoms with Gasteiger partial charge in [0.25, 0.3) is 6.13 Å². The van der Waals surface area contributed by atoms with Crippen LogP contribution in [0.2, 0.25) is 12.6 Å². The maximum absolute atomic E-state index is 6.31. The van der Waals surface area contributed by atoms with Crippen LogP contribution in [-0.4, -0.2) is 6.13 Å². The maximum atomic E-state index is 6.31. The highest BCUT2D eigenvalue weighted by Gasteiger charge is 2.37. The molecule has 0 amide bonds. The monoisotopic (exact) mass is 232 g/mol. The molecular formula is C14H18BCl. The van der Waals surface area contributed by atoms with E-state index in [0.29, 0.717) is 6.13 Å². The van der Waals surface area contributed by atoms with Crippen molar-refractivity contribution in [3.8, 4) is 0 Å². The molecular weight excluding hydrogens is 214 g/mol. The predicted molar refractivity (Wildman–Crippen MR) is 71.2 cm³/mol. The fourth-order valence-corrected chi connectivity index (χ4v) is 4.27. The van der Waals surface area contributed by atoms with Crippen molar-refractivity contribution in [2.24, 2.45) is 11.8 Å². The summed E-state index contributed by atoms with van der Waals surface area (Å²) in [7, 11) is 0. The number of benzene rings is 1. The lowest BCUT2D eigenvalue weighted by Crippen LogP contribution is -2.31.